The Labute approximate surface area is 163 Å². The summed E-state index contributed by atoms with van der Waals surface area (Å²) in [5.74, 6) is 1.88. The van der Waals surface area contributed by atoms with Crippen molar-refractivity contribution in [3.8, 4) is 0 Å². The molecule has 1 atom stereocenters. The van der Waals surface area contributed by atoms with Crippen molar-refractivity contribution in [2.75, 3.05) is 11.1 Å². The van der Waals surface area contributed by atoms with Crippen LogP contribution in [0.2, 0.25) is 0 Å². The van der Waals surface area contributed by atoms with Gasteiger partial charge in [0, 0.05) is 18.1 Å². The molecule has 5 nitrogen and oxygen atoms in total. The van der Waals surface area contributed by atoms with Gasteiger partial charge in [0.05, 0.1) is 17.6 Å². The van der Waals surface area contributed by atoms with Gasteiger partial charge in [0.1, 0.15) is 5.82 Å². The van der Waals surface area contributed by atoms with Crippen LogP contribution in [0.3, 0.4) is 0 Å². The van der Waals surface area contributed by atoms with Gasteiger partial charge in [-0.15, -0.1) is 11.8 Å². The fourth-order valence-corrected chi connectivity index (χ4v) is 3.48. The van der Waals surface area contributed by atoms with Crippen molar-refractivity contribution < 1.29 is 9.90 Å². The van der Waals surface area contributed by atoms with Crippen molar-refractivity contribution in [2.24, 2.45) is 0 Å². The molecule has 0 bridgehead atoms. The summed E-state index contributed by atoms with van der Waals surface area (Å²) >= 11 is 1.52. The molecule has 27 heavy (non-hydrogen) atoms. The fraction of sp³-hybridized carbons (Fsp3) is 0.238. The van der Waals surface area contributed by atoms with Crippen molar-refractivity contribution in [3.05, 3.63) is 83.9 Å². The van der Waals surface area contributed by atoms with E-state index in [9.17, 15) is 9.90 Å². The van der Waals surface area contributed by atoms with Crippen LogP contribution in [0.1, 0.15) is 29.5 Å². The van der Waals surface area contributed by atoms with Crippen molar-refractivity contribution in [2.45, 2.75) is 24.7 Å². The lowest BCUT2D eigenvalue weighted by molar-refractivity contribution is -0.113. The Hall–Kier alpha value is -2.57. The predicted octanol–water partition coefficient (Wildman–Crippen LogP) is 3.95. The largest absolute Gasteiger partial charge is 0.388 e. The summed E-state index contributed by atoms with van der Waals surface area (Å²) in [6.45, 7) is 0. The van der Waals surface area contributed by atoms with Gasteiger partial charge in [-0.3, -0.25) is 4.79 Å². The molecule has 1 heterocycles. The molecule has 3 aromatic rings. The van der Waals surface area contributed by atoms with Crippen LogP contribution >= 0.6 is 11.8 Å². The first kappa shape index (κ1) is 19.2. The zero-order valence-corrected chi connectivity index (χ0v) is 15.8. The van der Waals surface area contributed by atoms with E-state index < -0.39 is 6.10 Å². The highest BCUT2D eigenvalue weighted by molar-refractivity contribution is 7.99. The minimum atomic E-state index is -0.484. The zero-order valence-electron chi connectivity index (χ0n) is 15.0. The molecule has 3 rings (SSSR count). The molecule has 0 fully saturated rings. The standard InChI is InChI=1S/C21H23N3O2S/c25-19(17-6-2-1-3-7-17)10-9-16-5-4-8-18(13-16)24-21(26)15-27-14-20-22-11-12-23-20/h1-8,11-13,19,25H,9-10,14-15H2,(H,22,23)(H,24,26). The van der Waals surface area contributed by atoms with Crippen LogP contribution < -0.4 is 5.32 Å². The van der Waals surface area contributed by atoms with Crippen LogP contribution in [-0.2, 0) is 17.0 Å². The summed E-state index contributed by atoms with van der Waals surface area (Å²) < 4.78 is 0. The number of nitrogens with zero attached hydrogens (tertiary/aromatic N) is 1. The average molecular weight is 382 g/mol. The number of aliphatic hydroxyl groups is 1. The number of hydrogen-bond acceptors (Lipinski definition) is 4. The maximum Gasteiger partial charge on any atom is 0.234 e. The minimum absolute atomic E-state index is 0.0342. The predicted molar refractivity (Wildman–Crippen MR) is 110 cm³/mol. The van der Waals surface area contributed by atoms with E-state index in [2.05, 4.69) is 15.3 Å². The molecule has 3 N–H and O–H groups in total. The van der Waals surface area contributed by atoms with E-state index in [0.717, 1.165) is 29.1 Å². The van der Waals surface area contributed by atoms with Gasteiger partial charge in [0.15, 0.2) is 0 Å². The first-order valence-electron chi connectivity index (χ1n) is 8.88. The minimum Gasteiger partial charge on any atom is -0.388 e. The number of hydrogen-bond donors (Lipinski definition) is 3. The Balaban J connectivity index is 1.45. The first-order valence-corrected chi connectivity index (χ1v) is 10.0. The quantitative estimate of drug-likeness (QED) is 0.524. The number of rotatable bonds is 9. The number of H-pyrrole nitrogens is 1. The first-order chi connectivity index (χ1) is 13.2. The summed E-state index contributed by atoms with van der Waals surface area (Å²) in [7, 11) is 0. The molecule has 0 aliphatic rings. The summed E-state index contributed by atoms with van der Waals surface area (Å²) in [5.41, 5.74) is 2.80. The molecule has 1 aromatic heterocycles. The Kier molecular flexibility index (Phi) is 7.07. The van der Waals surface area contributed by atoms with Crippen molar-refractivity contribution >= 4 is 23.4 Å². The third kappa shape index (κ3) is 6.27. The van der Waals surface area contributed by atoms with Gasteiger partial charge in [0.2, 0.25) is 5.91 Å². The number of benzene rings is 2. The fourth-order valence-electron chi connectivity index (χ4n) is 2.76. The van der Waals surface area contributed by atoms with Crippen LogP contribution in [0.5, 0.6) is 0 Å². The summed E-state index contributed by atoms with van der Waals surface area (Å²) in [6.07, 6.45) is 4.38. The van der Waals surface area contributed by atoms with Crippen LogP contribution in [-0.4, -0.2) is 26.7 Å². The molecule has 140 valence electrons. The molecular formula is C21H23N3O2S. The number of anilines is 1. The Morgan fingerprint density at radius 1 is 1.19 bits per heavy atom. The lowest BCUT2D eigenvalue weighted by Crippen LogP contribution is -2.14. The topological polar surface area (TPSA) is 78.0 Å². The number of imidazole rings is 1. The second-order valence-corrected chi connectivity index (χ2v) is 7.23. The van der Waals surface area contributed by atoms with E-state index in [4.69, 9.17) is 0 Å². The third-order valence-electron chi connectivity index (χ3n) is 4.13. The number of carbonyl (C=O) groups excluding carboxylic acids is 1. The molecule has 0 saturated heterocycles. The van der Waals surface area contributed by atoms with E-state index in [0.29, 0.717) is 17.9 Å². The van der Waals surface area contributed by atoms with E-state index in [1.165, 1.54) is 11.8 Å². The highest BCUT2D eigenvalue weighted by Gasteiger charge is 2.08. The number of thioether (sulfide) groups is 1. The molecule has 0 spiro atoms. The summed E-state index contributed by atoms with van der Waals surface area (Å²) in [5, 5.41) is 13.2. The Morgan fingerprint density at radius 2 is 2.04 bits per heavy atom. The lowest BCUT2D eigenvalue weighted by atomic mass is 10.0. The smallest absolute Gasteiger partial charge is 0.234 e. The molecule has 6 heteroatoms. The van der Waals surface area contributed by atoms with E-state index in [1.807, 2.05) is 54.6 Å². The molecular weight excluding hydrogens is 358 g/mol. The SMILES string of the molecule is O=C(CSCc1ncc[nH]1)Nc1cccc(CCC(O)c2ccccc2)c1. The van der Waals surface area contributed by atoms with Crippen LogP contribution in [0.25, 0.3) is 0 Å². The monoisotopic (exact) mass is 381 g/mol. The molecule has 2 aromatic carbocycles. The van der Waals surface area contributed by atoms with Crippen LogP contribution in [0.4, 0.5) is 5.69 Å². The van der Waals surface area contributed by atoms with Gasteiger partial charge in [-0.05, 0) is 36.1 Å². The number of aliphatic hydroxyl groups excluding tert-OH is 1. The summed E-state index contributed by atoms with van der Waals surface area (Å²) in [4.78, 5) is 19.3. The number of aromatic amines is 1. The maximum absolute atomic E-state index is 12.1. The van der Waals surface area contributed by atoms with Crippen molar-refractivity contribution in [1.29, 1.82) is 0 Å². The third-order valence-corrected chi connectivity index (χ3v) is 5.07. The number of aryl methyl sites for hydroxylation is 1. The number of nitrogens with one attached hydrogen (secondary N) is 2. The maximum atomic E-state index is 12.1. The van der Waals surface area contributed by atoms with Crippen LogP contribution in [0.15, 0.2) is 67.0 Å². The number of amides is 1. The molecule has 1 unspecified atom stereocenters. The average Bonchev–Trinajstić information content (AvgIpc) is 3.20. The van der Waals surface area contributed by atoms with Gasteiger partial charge in [0.25, 0.3) is 0 Å². The number of carbonyl (C=O) groups is 1. The molecule has 0 saturated carbocycles. The normalized spacial score (nSPS) is 11.9. The van der Waals surface area contributed by atoms with Crippen molar-refractivity contribution in [1.82, 2.24) is 9.97 Å². The van der Waals surface area contributed by atoms with E-state index >= 15 is 0 Å². The number of aromatic nitrogens is 2. The van der Waals surface area contributed by atoms with Gasteiger partial charge in [-0.1, -0.05) is 42.5 Å². The van der Waals surface area contributed by atoms with E-state index in [-0.39, 0.29) is 5.91 Å². The highest BCUT2D eigenvalue weighted by atomic mass is 32.2. The molecule has 0 radical (unpaired) electrons. The van der Waals surface area contributed by atoms with Crippen LogP contribution in [0, 0.1) is 0 Å². The van der Waals surface area contributed by atoms with Gasteiger partial charge >= 0.3 is 0 Å². The molecule has 1 amide bonds. The van der Waals surface area contributed by atoms with Gasteiger partial charge in [-0.25, -0.2) is 4.98 Å². The second-order valence-electron chi connectivity index (χ2n) is 6.24. The Bertz CT molecular complexity index is 838. The highest BCUT2D eigenvalue weighted by Crippen LogP contribution is 2.20. The lowest BCUT2D eigenvalue weighted by Gasteiger charge is -2.12. The van der Waals surface area contributed by atoms with Gasteiger partial charge < -0.3 is 15.4 Å². The molecule has 0 aliphatic heterocycles. The zero-order chi connectivity index (χ0) is 18.9. The van der Waals surface area contributed by atoms with E-state index in [1.54, 1.807) is 12.4 Å². The Morgan fingerprint density at radius 3 is 2.81 bits per heavy atom. The molecule has 0 aliphatic carbocycles. The summed E-state index contributed by atoms with van der Waals surface area (Å²) in [6, 6.07) is 17.4. The van der Waals surface area contributed by atoms with Gasteiger partial charge in [-0.2, -0.15) is 0 Å². The van der Waals surface area contributed by atoms with Crippen molar-refractivity contribution in [3.63, 3.8) is 0 Å². The second kappa shape index (κ2) is 9.94.